The Hall–Kier alpha value is -2.11. The van der Waals surface area contributed by atoms with E-state index in [2.05, 4.69) is 5.32 Å². The van der Waals surface area contributed by atoms with E-state index in [1.165, 1.54) is 23.3 Å². The molecule has 1 heterocycles. The Labute approximate surface area is 152 Å². The van der Waals surface area contributed by atoms with Crippen molar-refractivity contribution >= 4 is 17.6 Å². The van der Waals surface area contributed by atoms with E-state index in [4.69, 9.17) is 11.6 Å². The minimum absolute atomic E-state index is 0.110. The summed E-state index contributed by atoms with van der Waals surface area (Å²) in [5, 5.41) is 3.34. The maximum absolute atomic E-state index is 13.3. The van der Waals surface area contributed by atoms with Crippen LogP contribution in [0.5, 0.6) is 0 Å². The smallest absolute Gasteiger partial charge is 0.318 e. The van der Waals surface area contributed by atoms with Crippen molar-refractivity contribution in [3.63, 3.8) is 0 Å². The van der Waals surface area contributed by atoms with E-state index < -0.39 is 0 Å². The van der Waals surface area contributed by atoms with Gasteiger partial charge in [0.15, 0.2) is 0 Å². The van der Waals surface area contributed by atoms with Crippen molar-refractivity contribution in [2.45, 2.75) is 19.1 Å². The third-order valence-corrected chi connectivity index (χ3v) is 4.85. The van der Waals surface area contributed by atoms with Crippen molar-refractivity contribution < 1.29 is 9.18 Å². The molecule has 1 atom stereocenters. The minimum atomic E-state index is -0.370. The fourth-order valence-electron chi connectivity index (χ4n) is 3.11. The zero-order valence-electron chi connectivity index (χ0n) is 14.3. The molecule has 1 N–H and O–H groups in total. The van der Waals surface area contributed by atoms with E-state index >= 15 is 0 Å². The Morgan fingerprint density at radius 3 is 2.44 bits per heavy atom. The van der Waals surface area contributed by atoms with Gasteiger partial charge in [0.2, 0.25) is 0 Å². The van der Waals surface area contributed by atoms with Gasteiger partial charge in [-0.1, -0.05) is 41.9 Å². The lowest BCUT2D eigenvalue weighted by molar-refractivity contribution is 0.193. The molecule has 0 saturated carbocycles. The standard InChI is InChI=1S/C19H21ClFN3O/c1-23(2)18(16-8-7-15(21)9-17(16)20)10-22-19(25)24-11-13-5-3-4-6-14(13)12-24/h3-9,18H,10-12H2,1-2H3,(H,22,25). The maximum Gasteiger partial charge on any atom is 0.318 e. The molecular weight excluding hydrogens is 341 g/mol. The molecule has 0 aromatic heterocycles. The van der Waals surface area contributed by atoms with Crippen LogP contribution in [-0.4, -0.2) is 36.5 Å². The van der Waals surface area contributed by atoms with Gasteiger partial charge in [-0.15, -0.1) is 0 Å². The number of nitrogens with zero attached hydrogens (tertiary/aromatic N) is 2. The van der Waals surface area contributed by atoms with Crippen LogP contribution in [0, 0.1) is 5.82 Å². The van der Waals surface area contributed by atoms with E-state index in [0.29, 0.717) is 24.7 Å². The van der Waals surface area contributed by atoms with Crippen molar-refractivity contribution in [1.29, 1.82) is 0 Å². The van der Waals surface area contributed by atoms with Crippen LogP contribution in [0.1, 0.15) is 22.7 Å². The molecule has 2 aromatic carbocycles. The highest BCUT2D eigenvalue weighted by Gasteiger charge is 2.24. The number of carbonyl (C=O) groups is 1. The second-order valence-electron chi connectivity index (χ2n) is 6.46. The first-order chi connectivity index (χ1) is 12.0. The quantitative estimate of drug-likeness (QED) is 0.898. The van der Waals surface area contributed by atoms with Gasteiger partial charge in [-0.2, -0.15) is 0 Å². The first-order valence-corrected chi connectivity index (χ1v) is 8.54. The number of benzene rings is 2. The predicted octanol–water partition coefficient (Wildman–Crippen LogP) is 3.81. The molecule has 3 rings (SSSR count). The molecule has 0 fully saturated rings. The lowest BCUT2D eigenvalue weighted by Gasteiger charge is -2.27. The van der Waals surface area contributed by atoms with Gasteiger partial charge in [0.25, 0.3) is 0 Å². The molecule has 0 radical (unpaired) electrons. The van der Waals surface area contributed by atoms with E-state index in [1.807, 2.05) is 43.3 Å². The molecule has 1 aliphatic rings. The molecule has 132 valence electrons. The number of hydrogen-bond donors (Lipinski definition) is 1. The zero-order chi connectivity index (χ0) is 18.0. The van der Waals surface area contributed by atoms with Gasteiger partial charge in [-0.05, 0) is 42.9 Å². The van der Waals surface area contributed by atoms with Gasteiger partial charge < -0.3 is 15.1 Å². The Bertz CT molecular complexity index is 756. The lowest BCUT2D eigenvalue weighted by Crippen LogP contribution is -2.41. The molecule has 0 spiro atoms. The number of likely N-dealkylation sites (N-methyl/N-ethyl adjacent to an activating group) is 1. The van der Waals surface area contributed by atoms with E-state index in [1.54, 1.807) is 11.0 Å². The summed E-state index contributed by atoms with van der Waals surface area (Å²) in [6.45, 7) is 1.63. The van der Waals surface area contributed by atoms with Crippen LogP contribution in [0.3, 0.4) is 0 Å². The highest BCUT2D eigenvalue weighted by atomic mass is 35.5. The van der Waals surface area contributed by atoms with Crippen LogP contribution in [0.15, 0.2) is 42.5 Å². The summed E-state index contributed by atoms with van der Waals surface area (Å²) in [5.41, 5.74) is 3.16. The van der Waals surface area contributed by atoms with Gasteiger partial charge in [-0.25, -0.2) is 9.18 Å². The van der Waals surface area contributed by atoms with Crippen molar-refractivity contribution in [1.82, 2.24) is 15.1 Å². The lowest BCUT2D eigenvalue weighted by atomic mass is 10.1. The molecule has 1 aliphatic heterocycles. The number of urea groups is 1. The van der Waals surface area contributed by atoms with Crippen LogP contribution in [0.2, 0.25) is 5.02 Å². The van der Waals surface area contributed by atoms with Crippen LogP contribution in [-0.2, 0) is 13.1 Å². The molecular formula is C19H21ClFN3O. The largest absolute Gasteiger partial charge is 0.336 e. The topological polar surface area (TPSA) is 35.6 Å². The molecule has 6 heteroatoms. The van der Waals surface area contributed by atoms with Crippen molar-refractivity contribution in [2.24, 2.45) is 0 Å². The van der Waals surface area contributed by atoms with Gasteiger partial charge in [0, 0.05) is 24.7 Å². The highest BCUT2D eigenvalue weighted by molar-refractivity contribution is 6.31. The Morgan fingerprint density at radius 2 is 1.88 bits per heavy atom. The Kier molecular flexibility index (Phi) is 5.25. The average Bonchev–Trinajstić information content (AvgIpc) is 3.00. The summed E-state index contributed by atoms with van der Waals surface area (Å²) in [6.07, 6.45) is 0. The first-order valence-electron chi connectivity index (χ1n) is 8.16. The van der Waals surface area contributed by atoms with Crippen molar-refractivity contribution in [2.75, 3.05) is 20.6 Å². The van der Waals surface area contributed by atoms with Crippen LogP contribution in [0.4, 0.5) is 9.18 Å². The Balaban J connectivity index is 1.65. The highest BCUT2D eigenvalue weighted by Crippen LogP contribution is 2.27. The molecule has 2 aromatic rings. The van der Waals surface area contributed by atoms with Gasteiger partial charge >= 0.3 is 6.03 Å². The zero-order valence-corrected chi connectivity index (χ0v) is 15.1. The fourth-order valence-corrected chi connectivity index (χ4v) is 3.41. The van der Waals surface area contributed by atoms with Crippen LogP contribution >= 0.6 is 11.6 Å². The summed E-state index contributed by atoms with van der Waals surface area (Å²) >= 11 is 6.18. The molecule has 0 saturated heterocycles. The number of amides is 2. The predicted molar refractivity (Wildman–Crippen MR) is 96.9 cm³/mol. The van der Waals surface area contributed by atoms with Crippen LogP contribution in [0.25, 0.3) is 0 Å². The summed E-state index contributed by atoms with van der Waals surface area (Å²) < 4.78 is 13.3. The number of nitrogens with one attached hydrogen (secondary N) is 1. The van der Waals surface area contributed by atoms with Gasteiger partial charge in [0.05, 0.1) is 6.04 Å². The number of halogens is 2. The molecule has 25 heavy (non-hydrogen) atoms. The van der Waals surface area contributed by atoms with Crippen LogP contribution < -0.4 is 5.32 Å². The Morgan fingerprint density at radius 1 is 1.24 bits per heavy atom. The summed E-state index contributed by atoms with van der Waals surface area (Å²) in [4.78, 5) is 16.3. The summed E-state index contributed by atoms with van der Waals surface area (Å²) in [5.74, 6) is -0.370. The normalized spacial score (nSPS) is 14.5. The maximum atomic E-state index is 13.3. The first kappa shape index (κ1) is 17.7. The third-order valence-electron chi connectivity index (χ3n) is 4.52. The number of carbonyl (C=O) groups excluding carboxylic acids is 1. The average molecular weight is 362 g/mol. The fraction of sp³-hybridized carbons (Fsp3) is 0.316. The molecule has 4 nitrogen and oxygen atoms in total. The minimum Gasteiger partial charge on any atom is -0.336 e. The van der Waals surface area contributed by atoms with Gasteiger partial charge in [-0.3, -0.25) is 0 Å². The number of rotatable bonds is 4. The second kappa shape index (κ2) is 7.42. The second-order valence-corrected chi connectivity index (χ2v) is 6.86. The SMILES string of the molecule is CN(C)C(CNC(=O)N1Cc2ccccc2C1)c1ccc(F)cc1Cl. The number of hydrogen-bond acceptors (Lipinski definition) is 2. The molecule has 1 unspecified atom stereocenters. The molecule has 0 bridgehead atoms. The van der Waals surface area contributed by atoms with E-state index in [0.717, 1.165) is 5.56 Å². The molecule has 2 amide bonds. The molecule has 0 aliphatic carbocycles. The van der Waals surface area contributed by atoms with E-state index in [9.17, 15) is 9.18 Å². The third kappa shape index (κ3) is 3.94. The van der Waals surface area contributed by atoms with Crippen molar-refractivity contribution in [3.8, 4) is 0 Å². The number of fused-ring (bicyclic) bond motifs is 1. The monoisotopic (exact) mass is 361 g/mol. The van der Waals surface area contributed by atoms with E-state index in [-0.39, 0.29) is 17.9 Å². The van der Waals surface area contributed by atoms with Crippen molar-refractivity contribution in [3.05, 3.63) is 70.0 Å². The van der Waals surface area contributed by atoms with Gasteiger partial charge in [0.1, 0.15) is 5.82 Å². The summed E-state index contributed by atoms with van der Waals surface area (Å²) in [7, 11) is 3.81. The summed E-state index contributed by atoms with van der Waals surface area (Å²) in [6, 6.07) is 12.2.